The second kappa shape index (κ2) is 25.9. The van der Waals surface area contributed by atoms with Crippen LogP contribution in [0.15, 0.2) is 210 Å². The minimum absolute atomic E-state index is 0.0130. The lowest BCUT2D eigenvalue weighted by atomic mass is 10.0. The minimum Gasteiger partial charge on any atom is -0.496 e. The van der Waals surface area contributed by atoms with Gasteiger partial charge in [0.1, 0.15) is 28.5 Å². The standard InChI is InChI=1S/C26H28N4O2.C21H17BrN2O3S.C21H16N2O3/c1-29(2)12-13-30(3)26(31)19-9-7-8-18(14-19)20-15-22-23(17-28-25(22)27-16-20)21-10-5-6-11-24(21)32-4;1-14-7-9-16(10-8-14)28(25,26)24-13-19(17-5-3-4-6-20(17)27-2)18-11-15(22)12-23-21(18)24;1-26-19-8-3-2-7-16(19)18-12-23-20-17(18)10-15(11-22-20)13-5-4-6-14(9-13)21(24)25/h5-11,14-17H,12-13H2,1-4H3,(H,27,28);3-13H,1-2H3;2-12H,1H3,(H,22,23)(H,24,25). The Hall–Kier alpha value is -9.88. The Morgan fingerprint density at radius 2 is 1.03 bits per heavy atom. The minimum atomic E-state index is -3.80. The molecule has 0 bridgehead atoms. The quantitative estimate of drug-likeness (QED) is 0.0879. The first-order chi connectivity index (χ1) is 41.6. The molecule has 0 aliphatic heterocycles. The number of hydrogen-bond donors (Lipinski definition) is 3. The van der Waals surface area contributed by atoms with E-state index in [1.54, 1.807) is 87.3 Å². The number of fused-ring (bicyclic) bond motifs is 3. The molecule has 0 fully saturated rings. The summed E-state index contributed by atoms with van der Waals surface area (Å²) in [5.74, 6) is 1.32. The van der Waals surface area contributed by atoms with E-state index < -0.39 is 16.0 Å². The zero-order chi connectivity index (χ0) is 60.6. The third-order valence-electron chi connectivity index (χ3n) is 14.5. The molecular weight excluding hydrogens is 1170 g/mol. The first-order valence-corrected chi connectivity index (χ1v) is 29.5. The summed E-state index contributed by atoms with van der Waals surface area (Å²) in [6, 6.07) is 50.6. The number of nitrogens with zero attached hydrogens (tertiary/aromatic N) is 6. The number of halogens is 1. The van der Waals surface area contributed by atoms with Gasteiger partial charge in [-0.2, -0.15) is 0 Å². The number of pyridine rings is 3. The number of nitrogens with one attached hydrogen (secondary N) is 2. The summed E-state index contributed by atoms with van der Waals surface area (Å²) < 4.78 is 45.2. The fraction of sp³-hybridized carbons (Fsp3) is 0.132. The third kappa shape index (κ3) is 12.6. The number of likely N-dealkylation sites (N-methyl/N-ethyl adjacent to an activating group) is 2. The number of aromatic amines is 2. The second-order valence-corrected chi connectivity index (χ2v) is 23.2. The monoisotopic (exact) mass is 1230 g/mol. The van der Waals surface area contributed by atoms with E-state index in [1.165, 1.54) is 3.97 Å². The maximum atomic E-state index is 13.3. The number of para-hydroxylation sites is 3. The second-order valence-electron chi connectivity index (χ2n) is 20.4. The molecule has 0 aliphatic carbocycles. The van der Waals surface area contributed by atoms with Gasteiger partial charge in [0.2, 0.25) is 0 Å². The van der Waals surface area contributed by atoms with Crippen LogP contribution in [0.1, 0.15) is 26.3 Å². The number of carbonyl (C=O) groups is 2. The summed E-state index contributed by atoms with van der Waals surface area (Å²) in [6.07, 6.45) is 10.6. The highest BCUT2D eigenvalue weighted by molar-refractivity contribution is 9.10. The molecule has 434 valence electrons. The normalized spacial score (nSPS) is 11.2. The number of hydrogen-bond acceptors (Lipinski definition) is 11. The average molecular weight is 1230 g/mol. The lowest BCUT2D eigenvalue weighted by molar-refractivity contribution is 0.0696. The lowest BCUT2D eigenvalue weighted by Crippen LogP contribution is -2.33. The van der Waals surface area contributed by atoms with Gasteiger partial charge in [-0.05, 0) is 121 Å². The summed E-state index contributed by atoms with van der Waals surface area (Å²) in [5, 5.41) is 11.9. The van der Waals surface area contributed by atoms with E-state index in [4.69, 9.17) is 14.2 Å². The summed E-state index contributed by atoms with van der Waals surface area (Å²) >= 11 is 3.43. The zero-order valence-corrected chi connectivity index (χ0v) is 50.6. The van der Waals surface area contributed by atoms with E-state index in [-0.39, 0.29) is 16.4 Å². The van der Waals surface area contributed by atoms with E-state index in [0.717, 1.165) is 111 Å². The van der Waals surface area contributed by atoms with Crippen molar-refractivity contribution in [1.82, 2.24) is 38.7 Å². The molecule has 86 heavy (non-hydrogen) atoms. The molecule has 18 heteroatoms. The number of carboxylic acid groups (broad SMARTS) is 1. The number of rotatable bonds is 15. The molecule has 0 saturated heterocycles. The van der Waals surface area contributed by atoms with E-state index in [9.17, 15) is 23.1 Å². The highest BCUT2D eigenvalue weighted by atomic mass is 79.9. The molecule has 6 heterocycles. The van der Waals surface area contributed by atoms with Gasteiger partial charge in [-0.1, -0.05) is 96.6 Å². The smallest absolute Gasteiger partial charge is 0.335 e. The number of aromatic nitrogens is 6. The fourth-order valence-corrected chi connectivity index (χ4v) is 11.6. The molecule has 3 N–H and O–H groups in total. The lowest BCUT2D eigenvalue weighted by Gasteiger charge is -2.20. The first kappa shape index (κ1) is 59.3. The van der Waals surface area contributed by atoms with Crippen molar-refractivity contribution in [1.29, 1.82) is 0 Å². The number of methoxy groups -OCH3 is 3. The Morgan fingerprint density at radius 1 is 0.547 bits per heavy atom. The van der Waals surface area contributed by atoms with Crippen molar-refractivity contribution in [2.75, 3.05) is 55.6 Å². The van der Waals surface area contributed by atoms with Crippen molar-refractivity contribution < 1.29 is 37.3 Å². The van der Waals surface area contributed by atoms with Gasteiger partial charge >= 0.3 is 5.97 Å². The molecule has 12 aromatic rings. The van der Waals surface area contributed by atoms with Crippen LogP contribution in [-0.4, -0.2) is 120 Å². The van der Waals surface area contributed by atoms with Crippen LogP contribution >= 0.6 is 15.9 Å². The highest BCUT2D eigenvalue weighted by Crippen LogP contribution is 2.40. The Morgan fingerprint density at radius 3 is 1.53 bits per heavy atom. The molecule has 12 rings (SSSR count). The van der Waals surface area contributed by atoms with Gasteiger partial charge in [0.05, 0.1) is 31.8 Å². The molecule has 0 radical (unpaired) electrons. The summed E-state index contributed by atoms with van der Waals surface area (Å²) in [6.45, 7) is 3.41. The largest absolute Gasteiger partial charge is 0.496 e. The molecule has 6 aromatic heterocycles. The fourth-order valence-electron chi connectivity index (χ4n) is 9.98. The Kier molecular flexibility index (Phi) is 17.9. The molecule has 0 atom stereocenters. The van der Waals surface area contributed by atoms with Crippen LogP contribution in [0.5, 0.6) is 17.2 Å². The van der Waals surface area contributed by atoms with Crippen LogP contribution in [0.4, 0.5) is 0 Å². The molecule has 1 amide bonds. The molecule has 0 aliphatic rings. The summed E-state index contributed by atoms with van der Waals surface area (Å²) in [7, 11) is 6.96. The molecule has 16 nitrogen and oxygen atoms in total. The van der Waals surface area contributed by atoms with Crippen molar-refractivity contribution >= 4 is 70.9 Å². The Balaban J connectivity index is 0.000000144. The summed E-state index contributed by atoms with van der Waals surface area (Å²) in [4.78, 5) is 48.1. The molecule has 0 unspecified atom stereocenters. The molecule has 0 saturated carbocycles. The van der Waals surface area contributed by atoms with Gasteiger partial charge < -0.3 is 39.1 Å². The van der Waals surface area contributed by atoms with Crippen LogP contribution < -0.4 is 14.2 Å². The number of aryl methyl sites for hydroxylation is 1. The maximum absolute atomic E-state index is 13.3. The van der Waals surface area contributed by atoms with Crippen LogP contribution in [-0.2, 0) is 10.0 Å². The van der Waals surface area contributed by atoms with E-state index in [2.05, 4.69) is 51.8 Å². The van der Waals surface area contributed by atoms with Crippen LogP contribution in [0, 0.1) is 6.92 Å². The predicted octanol–water partition coefficient (Wildman–Crippen LogP) is 14.2. The molecule has 6 aromatic carbocycles. The number of H-pyrrole nitrogens is 2. The average Bonchev–Trinajstić information content (AvgIpc) is 1.85. The SMILES string of the molecule is COc1ccccc1-c1c[nH]c2ncc(-c3cccc(C(=O)N(C)CCN(C)C)c3)cc12.COc1ccccc1-c1c[nH]c2ncc(-c3cccc(C(=O)O)c3)cc12.COc1ccccc1-c1cn(S(=O)(=O)c2ccc(C)cc2)c2ncc(Br)cc12. The van der Waals surface area contributed by atoms with Crippen LogP contribution in [0.25, 0.3) is 88.7 Å². The van der Waals surface area contributed by atoms with Gasteiger partial charge in [-0.25, -0.2) is 32.1 Å². The van der Waals surface area contributed by atoms with E-state index >= 15 is 0 Å². The number of ether oxygens (including phenoxy) is 3. The van der Waals surface area contributed by atoms with E-state index in [0.29, 0.717) is 23.5 Å². The van der Waals surface area contributed by atoms with E-state index in [1.807, 2.05) is 162 Å². The maximum Gasteiger partial charge on any atom is 0.335 e. The van der Waals surface area contributed by atoms with Gasteiger partial charge in [0.15, 0.2) is 5.65 Å². The van der Waals surface area contributed by atoms with Crippen molar-refractivity contribution in [2.45, 2.75) is 11.8 Å². The number of carbonyl (C=O) groups excluding carboxylic acids is 1. The number of benzene rings is 6. The number of aromatic carboxylic acids is 1. The number of amides is 1. The Labute approximate surface area is 506 Å². The summed E-state index contributed by atoms with van der Waals surface area (Å²) in [5.41, 5.74) is 13.0. The van der Waals surface area contributed by atoms with Gasteiger partial charge in [-0.3, -0.25) is 4.79 Å². The predicted molar refractivity (Wildman–Crippen MR) is 343 cm³/mol. The van der Waals surface area contributed by atoms with Gasteiger partial charge in [0.25, 0.3) is 15.9 Å². The van der Waals surface area contributed by atoms with Crippen molar-refractivity contribution in [3.05, 3.63) is 222 Å². The van der Waals surface area contributed by atoms with Gasteiger partial charge in [0, 0.05) is 128 Å². The zero-order valence-electron chi connectivity index (χ0n) is 48.2. The highest BCUT2D eigenvalue weighted by Gasteiger charge is 2.25. The Bertz CT molecular complexity index is 4560. The van der Waals surface area contributed by atoms with Crippen LogP contribution in [0.2, 0.25) is 0 Å². The molecule has 0 spiro atoms. The molecular formula is C68H61BrN8O8S. The first-order valence-electron chi connectivity index (χ1n) is 27.2. The van der Waals surface area contributed by atoms with Crippen molar-refractivity contribution in [3.8, 4) is 72.9 Å². The van der Waals surface area contributed by atoms with Crippen molar-refractivity contribution in [2.24, 2.45) is 0 Å². The number of carboxylic acids is 1. The topological polar surface area (TPSA) is 198 Å². The van der Waals surface area contributed by atoms with Crippen molar-refractivity contribution in [3.63, 3.8) is 0 Å². The van der Waals surface area contributed by atoms with Crippen LogP contribution in [0.3, 0.4) is 0 Å². The third-order valence-corrected chi connectivity index (χ3v) is 16.6. The van der Waals surface area contributed by atoms with Gasteiger partial charge in [-0.15, -0.1) is 0 Å².